The first-order valence-electron chi connectivity index (χ1n) is 7.67. The van der Waals surface area contributed by atoms with E-state index in [2.05, 4.69) is 25.5 Å². The van der Waals surface area contributed by atoms with Crippen molar-refractivity contribution in [2.45, 2.75) is 6.54 Å². The fraction of sp³-hybridized carbons (Fsp3) is 0.111. The summed E-state index contributed by atoms with van der Waals surface area (Å²) in [5.41, 5.74) is 1.59. The summed E-state index contributed by atoms with van der Waals surface area (Å²) in [5.74, 6) is 1.68. The topological polar surface area (TPSA) is 92.8 Å². The molecule has 7 nitrogen and oxygen atoms in total. The average molecular weight is 335 g/mol. The van der Waals surface area contributed by atoms with Crippen molar-refractivity contribution in [1.82, 2.24) is 25.5 Å². The van der Waals surface area contributed by atoms with Crippen molar-refractivity contribution < 1.29 is 9.53 Å². The first kappa shape index (κ1) is 16.4. The van der Waals surface area contributed by atoms with Crippen molar-refractivity contribution in [2.24, 2.45) is 0 Å². The first-order valence-corrected chi connectivity index (χ1v) is 7.67. The molecule has 3 rings (SSSR count). The lowest BCUT2D eigenvalue weighted by atomic mass is 10.2. The van der Waals surface area contributed by atoms with Crippen LogP contribution < -0.4 is 10.1 Å². The summed E-state index contributed by atoms with van der Waals surface area (Å²) in [6.07, 6.45) is 4.76. The number of nitrogens with one attached hydrogen (secondary N) is 2. The summed E-state index contributed by atoms with van der Waals surface area (Å²) in [6.45, 7) is 0.258. The SMILES string of the molecule is COc1ccc(-c2n[nH]c(CNC(=O)C=Cc3ccccn3)n2)cc1. The second kappa shape index (κ2) is 7.87. The van der Waals surface area contributed by atoms with Crippen molar-refractivity contribution in [2.75, 3.05) is 7.11 Å². The van der Waals surface area contributed by atoms with E-state index in [9.17, 15) is 4.79 Å². The van der Waals surface area contributed by atoms with Gasteiger partial charge in [-0.3, -0.25) is 14.9 Å². The second-order valence-electron chi connectivity index (χ2n) is 5.14. The molecule has 0 aliphatic heterocycles. The molecule has 0 radical (unpaired) electrons. The molecule has 0 unspecified atom stereocenters. The number of H-pyrrole nitrogens is 1. The summed E-state index contributed by atoms with van der Waals surface area (Å²) in [5, 5.41) is 9.72. The zero-order valence-electron chi connectivity index (χ0n) is 13.6. The number of carbonyl (C=O) groups excluding carboxylic acids is 1. The summed E-state index contributed by atoms with van der Waals surface area (Å²) in [7, 11) is 1.62. The molecule has 25 heavy (non-hydrogen) atoms. The number of hydrogen-bond acceptors (Lipinski definition) is 5. The van der Waals surface area contributed by atoms with E-state index in [0.29, 0.717) is 11.6 Å². The fourth-order valence-electron chi connectivity index (χ4n) is 2.11. The number of pyridine rings is 1. The van der Waals surface area contributed by atoms with Gasteiger partial charge in [0.05, 0.1) is 19.3 Å². The molecule has 0 spiro atoms. The molecule has 0 atom stereocenters. The Morgan fingerprint density at radius 1 is 1.24 bits per heavy atom. The van der Waals surface area contributed by atoms with Crippen LogP contribution in [0.15, 0.2) is 54.7 Å². The Labute approximate surface area is 144 Å². The predicted octanol–water partition coefficient (Wildman–Crippen LogP) is 2.20. The molecule has 0 aliphatic rings. The standard InChI is InChI=1S/C18H17N5O2/c1-25-15-8-5-13(6-9-15)18-21-16(22-23-18)12-20-17(24)10-7-14-4-2-3-11-19-14/h2-11H,12H2,1H3,(H,20,24)(H,21,22,23). The van der Waals surface area contributed by atoms with Gasteiger partial charge in [-0.05, 0) is 42.5 Å². The lowest BCUT2D eigenvalue weighted by molar-refractivity contribution is -0.116. The number of hydrogen-bond donors (Lipinski definition) is 2. The Morgan fingerprint density at radius 3 is 2.80 bits per heavy atom. The van der Waals surface area contributed by atoms with Crippen molar-refractivity contribution in [3.63, 3.8) is 0 Å². The van der Waals surface area contributed by atoms with Crippen molar-refractivity contribution in [3.8, 4) is 17.1 Å². The second-order valence-corrected chi connectivity index (χ2v) is 5.14. The molecule has 7 heteroatoms. The van der Waals surface area contributed by atoms with Crippen LogP contribution in [0.5, 0.6) is 5.75 Å². The first-order chi connectivity index (χ1) is 12.2. The highest BCUT2D eigenvalue weighted by Gasteiger charge is 2.07. The average Bonchev–Trinajstić information content (AvgIpc) is 3.14. The van der Waals surface area contributed by atoms with Crippen molar-refractivity contribution >= 4 is 12.0 Å². The molecule has 0 fully saturated rings. The molecular weight excluding hydrogens is 318 g/mol. The van der Waals surface area contributed by atoms with Crippen molar-refractivity contribution in [3.05, 3.63) is 66.3 Å². The third kappa shape index (κ3) is 4.51. The van der Waals surface area contributed by atoms with Gasteiger partial charge >= 0.3 is 0 Å². The van der Waals surface area contributed by atoms with Gasteiger partial charge in [-0.15, -0.1) is 0 Å². The van der Waals surface area contributed by atoms with Gasteiger partial charge < -0.3 is 10.1 Å². The Hall–Kier alpha value is -3.48. The van der Waals surface area contributed by atoms with Crippen LogP contribution in [0.3, 0.4) is 0 Å². The number of methoxy groups -OCH3 is 1. The normalized spacial score (nSPS) is 10.8. The van der Waals surface area contributed by atoms with Gasteiger partial charge in [-0.25, -0.2) is 4.98 Å². The molecule has 0 saturated carbocycles. The Bertz CT molecular complexity index is 857. The fourth-order valence-corrected chi connectivity index (χ4v) is 2.11. The van der Waals surface area contributed by atoms with E-state index in [-0.39, 0.29) is 12.5 Å². The molecule has 0 saturated heterocycles. The smallest absolute Gasteiger partial charge is 0.244 e. The molecule has 2 N–H and O–H groups in total. The van der Waals surface area contributed by atoms with Crippen LogP contribution in [-0.2, 0) is 11.3 Å². The molecule has 126 valence electrons. The van der Waals surface area contributed by atoms with Gasteiger partial charge in [-0.1, -0.05) is 6.07 Å². The van der Waals surface area contributed by atoms with Crippen LogP contribution in [0, 0.1) is 0 Å². The third-order valence-electron chi connectivity index (χ3n) is 3.40. The van der Waals surface area contributed by atoms with E-state index in [1.165, 1.54) is 6.08 Å². The van der Waals surface area contributed by atoms with Crippen LogP contribution in [0.4, 0.5) is 0 Å². The number of carbonyl (C=O) groups is 1. The molecule has 1 amide bonds. The highest BCUT2D eigenvalue weighted by molar-refractivity contribution is 5.91. The summed E-state index contributed by atoms with van der Waals surface area (Å²) < 4.78 is 5.12. The monoisotopic (exact) mass is 335 g/mol. The Morgan fingerprint density at radius 2 is 2.08 bits per heavy atom. The summed E-state index contributed by atoms with van der Waals surface area (Å²) in [6, 6.07) is 12.9. The minimum atomic E-state index is -0.229. The third-order valence-corrected chi connectivity index (χ3v) is 3.40. The molecular formula is C18H17N5O2. The van der Waals surface area contributed by atoms with Crippen LogP contribution in [0.2, 0.25) is 0 Å². The van der Waals surface area contributed by atoms with E-state index in [1.807, 2.05) is 42.5 Å². The number of rotatable bonds is 6. The van der Waals surface area contributed by atoms with Gasteiger partial charge in [-0.2, -0.15) is 5.10 Å². The molecule has 0 aliphatic carbocycles. The maximum Gasteiger partial charge on any atom is 0.244 e. The minimum Gasteiger partial charge on any atom is -0.497 e. The number of amides is 1. The van der Waals surface area contributed by atoms with Crippen LogP contribution >= 0.6 is 0 Å². The summed E-state index contributed by atoms with van der Waals surface area (Å²) in [4.78, 5) is 20.3. The zero-order chi connectivity index (χ0) is 17.5. The highest BCUT2D eigenvalue weighted by atomic mass is 16.5. The van der Waals surface area contributed by atoms with Gasteiger partial charge in [0.2, 0.25) is 5.91 Å². The van der Waals surface area contributed by atoms with E-state index in [0.717, 1.165) is 17.0 Å². The molecule has 3 aromatic rings. The predicted molar refractivity (Wildman–Crippen MR) is 93.5 cm³/mol. The van der Waals surface area contributed by atoms with E-state index < -0.39 is 0 Å². The number of ether oxygens (including phenoxy) is 1. The highest BCUT2D eigenvalue weighted by Crippen LogP contribution is 2.18. The van der Waals surface area contributed by atoms with Crippen LogP contribution in [0.25, 0.3) is 17.5 Å². The van der Waals surface area contributed by atoms with Gasteiger partial charge in [0.1, 0.15) is 11.6 Å². The number of benzene rings is 1. The van der Waals surface area contributed by atoms with Gasteiger partial charge in [0.25, 0.3) is 0 Å². The number of aromatic amines is 1. The lowest BCUT2D eigenvalue weighted by Crippen LogP contribution is -2.21. The number of aromatic nitrogens is 4. The molecule has 1 aromatic carbocycles. The zero-order valence-corrected chi connectivity index (χ0v) is 13.6. The molecule has 0 bridgehead atoms. The quantitative estimate of drug-likeness (QED) is 0.674. The van der Waals surface area contributed by atoms with E-state index >= 15 is 0 Å². The molecule has 2 aromatic heterocycles. The maximum atomic E-state index is 11.8. The number of nitrogens with zero attached hydrogens (tertiary/aromatic N) is 3. The van der Waals surface area contributed by atoms with E-state index in [1.54, 1.807) is 19.4 Å². The van der Waals surface area contributed by atoms with Crippen LogP contribution in [0.1, 0.15) is 11.5 Å². The van der Waals surface area contributed by atoms with Crippen molar-refractivity contribution in [1.29, 1.82) is 0 Å². The lowest BCUT2D eigenvalue weighted by Gasteiger charge is -1.99. The largest absolute Gasteiger partial charge is 0.497 e. The minimum absolute atomic E-state index is 0.229. The maximum absolute atomic E-state index is 11.8. The van der Waals surface area contributed by atoms with Gasteiger partial charge in [0, 0.05) is 17.8 Å². The Kier molecular flexibility index (Phi) is 5.16. The Balaban J connectivity index is 1.56. The summed E-state index contributed by atoms with van der Waals surface area (Å²) >= 11 is 0. The van der Waals surface area contributed by atoms with E-state index in [4.69, 9.17) is 4.74 Å². The molecule has 2 heterocycles. The van der Waals surface area contributed by atoms with Gasteiger partial charge in [0.15, 0.2) is 5.82 Å². The van der Waals surface area contributed by atoms with Crippen LogP contribution in [-0.4, -0.2) is 33.2 Å².